The molecule has 2 heterocycles. The lowest BCUT2D eigenvalue weighted by atomic mass is 10.1. The van der Waals surface area contributed by atoms with E-state index in [1.165, 1.54) is 11.4 Å². The number of nitrogens with zero attached hydrogens (tertiary/aromatic N) is 3. The molecule has 1 unspecified atom stereocenters. The van der Waals surface area contributed by atoms with Gasteiger partial charge in [0.15, 0.2) is 6.10 Å². The quantitative estimate of drug-likeness (QED) is 0.634. The van der Waals surface area contributed by atoms with Crippen LogP contribution in [0.2, 0.25) is 0 Å². The van der Waals surface area contributed by atoms with Crippen LogP contribution in [0.4, 0.5) is 0 Å². The second-order valence-corrected chi connectivity index (χ2v) is 9.27. The maximum absolute atomic E-state index is 12.5. The number of benzene rings is 1. The van der Waals surface area contributed by atoms with Crippen molar-refractivity contribution < 1.29 is 22.7 Å². The van der Waals surface area contributed by atoms with Gasteiger partial charge in [0.2, 0.25) is 15.9 Å². The summed E-state index contributed by atoms with van der Waals surface area (Å²) in [7, 11) is -1.84. The minimum absolute atomic E-state index is 0.0268. The van der Waals surface area contributed by atoms with Gasteiger partial charge in [0.1, 0.15) is 0 Å². The molecule has 0 saturated carbocycles. The number of piperidine rings is 1. The minimum atomic E-state index is -3.31. The highest BCUT2D eigenvalue weighted by Crippen LogP contribution is 2.16. The van der Waals surface area contributed by atoms with Crippen molar-refractivity contribution >= 4 is 15.9 Å². The maximum Gasteiger partial charge on any atom is 0.261 e. The van der Waals surface area contributed by atoms with E-state index in [1.807, 2.05) is 30.3 Å². The number of carbonyl (C=O) groups is 1. The van der Waals surface area contributed by atoms with Gasteiger partial charge in [-0.15, -0.1) is 5.10 Å². The molecular formula is C20H28N4O5S. The van der Waals surface area contributed by atoms with E-state index in [0.29, 0.717) is 31.8 Å². The first-order valence-corrected chi connectivity index (χ1v) is 11.5. The van der Waals surface area contributed by atoms with Gasteiger partial charge >= 0.3 is 0 Å². The Labute approximate surface area is 177 Å². The van der Waals surface area contributed by atoms with Crippen LogP contribution in [-0.2, 0) is 19.6 Å². The molecule has 1 aromatic heterocycles. The SMILES string of the molecule is COCCS(=O)(=O)N1CCC(NC(=O)C(C)Oc2ccn(-c3ccccc3)n2)CC1. The molecular weight excluding hydrogens is 408 g/mol. The number of hydrogen-bond donors (Lipinski definition) is 1. The molecule has 2 aromatic rings. The number of rotatable bonds is 9. The Morgan fingerprint density at radius 2 is 1.93 bits per heavy atom. The van der Waals surface area contributed by atoms with E-state index in [0.717, 1.165) is 5.69 Å². The average molecular weight is 437 g/mol. The number of hydrogen-bond acceptors (Lipinski definition) is 6. The summed E-state index contributed by atoms with van der Waals surface area (Å²) >= 11 is 0. The Hall–Kier alpha value is -2.43. The van der Waals surface area contributed by atoms with Gasteiger partial charge in [-0.05, 0) is 31.9 Å². The van der Waals surface area contributed by atoms with Gasteiger partial charge in [0.05, 0.1) is 18.0 Å². The number of carbonyl (C=O) groups excluding carboxylic acids is 1. The second-order valence-electron chi connectivity index (χ2n) is 7.18. The fourth-order valence-electron chi connectivity index (χ4n) is 3.24. The lowest BCUT2D eigenvalue weighted by Gasteiger charge is -2.32. The summed E-state index contributed by atoms with van der Waals surface area (Å²) in [5.41, 5.74) is 0.900. The Morgan fingerprint density at radius 3 is 2.60 bits per heavy atom. The van der Waals surface area contributed by atoms with E-state index in [9.17, 15) is 13.2 Å². The number of methoxy groups -OCH3 is 1. The van der Waals surface area contributed by atoms with E-state index < -0.39 is 16.1 Å². The van der Waals surface area contributed by atoms with E-state index in [2.05, 4.69) is 10.4 Å². The predicted octanol–water partition coefficient (Wildman–Crippen LogP) is 1.20. The summed E-state index contributed by atoms with van der Waals surface area (Å²) in [6, 6.07) is 11.2. The number of para-hydroxylation sites is 1. The highest BCUT2D eigenvalue weighted by atomic mass is 32.2. The van der Waals surface area contributed by atoms with Crippen LogP contribution < -0.4 is 10.1 Å². The molecule has 1 fully saturated rings. The molecule has 1 aliphatic heterocycles. The van der Waals surface area contributed by atoms with Crippen molar-refractivity contribution in [3.8, 4) is 11.6 Å². The standard InChI is InChI=1S/C20H28N4O5S/c1-16(29-19-10-13-24(22-19)18-6-4-3-5-7-18)20(25)21-17-8-11-23(12-9-17)30(26,27)15-14-28-2/h3-7,10,13,16-17H,8-9,11-12,14-15H2,1-2H3,(H,21,25). The zero-order chi connectivity index (χ0) is 21.6. The molecule has 0 radical (unpaired) electrons. The molecule has 3 rings (SSSR count). The van der Waals surface area contributed by atoms with Crippen LogP contribution in [0.25, 0.3) is 5.69 Å². The topological polar surface area (TPSA) is 103 Å². The average Bonchev–Trinajstić information content (AvgIpc) is 3.22. The molecule has 1 saturated heterocycles. The van der Waals surface area contributed by atoms with Gasteiger partial charge in [-0.3, -0.25) is 4.79 Å². The number of ether oxygens (including phenoxy) is 2. The van der Waals surface area contributed by atoms with Crippen LogP contribution in [0.5, 0.6) is 5.88 Å². The Morgan fingerprint density at radius 1 is 1.23 bits per heavy atom. The number of nitrogens with one attached hydrogen (secondary N) is 1. The molecule has 1 atom stereocenters. The Balaban J connectivity index is 1.47. The summed E-state index contributed by atoms with van der Waals surface area (Å²) in [5, 5.41) is 7.29. The van der Waals surface area contributed by atoms with E-state index in [1.54, 1.807) is 23.9 Å². The molecule has 1 N–H and O–H groups in total. The monoisotopic (exact) mass is 436 g/mol. The van der Waals surface area contributed by atoms with E-state index >= 15 is 0 Å². The third-order valence-electron chi connectivity index (χ3n) is 4.99. The van der Waals surface area contributed by atoms with Crippen LogP contribution in [0.15, 0.2) is 42.6 Å². The van der Waals surface area contributed by atoms with Crippen molar-refractivity contribution in [2.45, 2.75) is 31.9 Å². The van der Waals surface area contributed by atoms with E-state index in [4.69, 9.17) is 9.47 Å². The normalized spacial score (nSPS) is 16.9. The maximum atomic E-state index is 12.5. The van der Waals surface area contributed by atoms with Crippen LogP contribution in [0.1, 0.15) is 19.8 Å². The third kappa shape index (κ3) is 5.80. The molecule has 0 bridgehead atoms. The molecule has 0 spiro atoms. The molecule has 1 aliphatic rings. The zero-order valence-electron chi connectivity index (χ0n) is 17.2. The molecule has 9 nitrogen and oxygen atoms in total. The van der Waals surface area contributed by atoms with Crippen molar-refractivity contribution in [1.82, 2.24) is 19.4 Å². The summed E-state index contributed by atoms with van der Waals surface area (Å²) in [4.78, 5) is 12.5. The van der Waals surface area contributed by atoms with Crippen LogP contribution in [0.3, 0.4) is 0 Å². The highest BCUT2D eigenvalue weighted by molar-refractivity contribution is 7.89. The predicted molar refractivity (Wildman–Crippen MR) is 112 cm³/mol. The molecule has 1 aromatic carbocycles. The first-order valence-electron chi connectivity index (χ1n) is 9.94. The number of sulfonamides is 1. The summed E-state index contributed by atoms with van der Waals surface area (Å²) in [6.07, 6.45) is 2.18. The Bertz CT molecular complexity index is 924. The van der Waals surface area contributed by atoms with E-state index in [-0.39, 0.29) is 24.3 Å². The lowest BCUT2D eigenvalue weighted by Crippen LogP contribution is -2.49. The van der Waals surface area contributed by atoms with Gasteiger partial charge < -0.3 is 14.8 Å². The molecule has 0 aliphatic carbocycles. The van der Waals surface area contributed by atoms with Crippen molar-refractivity contribution in [3.05, 3.63) is 42.6 Å². The van der Waals surface area contributed by atoms with Crippen LogP contribution in [0, 0.1) is 0 Å². The molecule has 1 amide bonds. The Kier molecular flexibility index (Phi) is 7.46. The van der Waals surface area contributed by atoms with Gasteiger partial charge in [0.25, 0.3) is 5.91 Å². The van der Waals surface area contributed by atoms with Crippen molar-refractivity contribution in [1.29, 1.82) is 0 Å². The van der Waals surface area contributed by atoms with Gasteiger partial charge in [-0.25, -0.2) is 17.4 Å². The van der Waals surface area contributed by atoms with Crippen molar-refractivity contribution in [2.75, 3.05) is 32.6 Å². The third-order valence-corrected chi connectivity index (χ3v) is 6.83. The first-order chi connectivity index (χ1) is 14.4. The second kappa shape index (κ2) is 10.1. The first kappa shape index (κ1) is 22.3. The van der Waals surface area contributed by atoms with Crippen LogP contribution >= 0.6 is 0 Å². The molecule has 30 heavy (non-hydrogen) atoms. The number of aromatic nitrogens is 2. The lowest BCUT2D eigenvalue weighted by molar-refractivity contribution is -0.128. The van der Waals surface area contributed by atoms with Crippen molar-refractivity contribution in [3.63, 3.8) is 0 Å². The summed E-state index contributed by atoms with van der Waals surface area (Å²) < 4.78 is 38.1. The fourth-order valence-corrected chi connectivity index (χ4v) is 4.65. The largest absolute Gasteiger partial charge is 0.463 e. The fraction of sp³-hybridized carbons (Fsp3) is 0.500. The smallest absolute Gasteiger partial charge is 0.261 e. The molecule has 10 heteroatoms. The van der Waals surface area contributed by atoms with Crippen LogP contribution in [-0.4, -0.2) is 73.1 Å². The highest BCUT2D eigenvalue weighted by Gasteiger charge is 2.29. The zero-order valence-corrected chi connectivity index (χ0v) is 18.0. The van der Waals surface area contributed by atoms with Gasteiger partial charge in [-0.2, -0.15) is 0 Å². The van der Waals surface area contributed by atoms with Gasteiger partial charge in [-0.1, -0.05) is 18.2 Å². The minimum Gasteiger partial charge on any atom is -0.463 e. The van der Waals surface area contributed by atoms with Gasteiger partial charge in [0, 0.05) is 38.5 Å². The summed E-state index contributed by atoms with van der Waals surface area (Å²) in [5.74, 6) is 0.0895. The number of amides is 1. The van der Waals surface area contributed by atoms with Crippen molar-refractivity contribution in [2.24, 2.45) is 0 Å². The summed E-state index contributed by atoms with van der Waals surface area (Å²) in [6.45, 7) is 2.61. The molecule has 164 valence electrons.